The minimum absolute atomic E-state index is 0.334. The fourth-order valence-electron chi connectivity index (χ4n) is 3.13. The Hall–Kier alpha value is -2.32. The molecule has 0 spiro atoms. The first kappa shape index (κ1) is 15.6. The van der Waals surface area contributed by atoms with E-state index in [4.69, 9.17) is 5.73 Å². The van der Waals surface area contributed by atoms with Crippen molar-refractivity contribution < 1.29 is 0 Å². The first-order valence-corrected chi connectivity index (χ1v) is 8.13. The molecule has 1 unspecified atom stereocenters. The van der Waals surface area contributed by atoms with Crippen LogP contribution in [0.2, 0.25) is 0 Å². The predicted molar refractivity (Wildman–Crippen MR) is 100 cm³/mol. The molecule has 1 atom stereocenters. The molecule has 3 aromatic carbocycles. The number of benzene rings is 3. The van der Waals surface area contributed by atoms with Crippen molar-refractivity contribution in [3.8, 4) is 0 Å². The zero-order chi connectivity index (χ0) is 16.2. The van der Waals surface area contributed by atoms with Gasteiger partial charge in [0, 0.05) is 25.7 Å². The van der Waals surface area contributed by atoms with Gasteiger partial charge < -0.3 is 10.6 Å². The van der Waals surface area contributed by atoms with Gasteiger partial charge in [-0.1, -0.05) is 54.6 Å². The van der Waals surface area contributed by atoms with Gasteiger partial charge in [-0.3, -0.25) is 0 Å². The van der Waals surface area contributed by atoms with E-state index in [1.54, 1.807) is 0 Å². The summed E-state index contributed by atoms with van der Waals surface area (Å²) in [7, 11) is 4.14. The molecule has 0 amide bonds. The van der Waals surface area contributed by atoms with E-state index in [0.29, 0.717) is 12.5 Å². The minimum Gasteiger partial charge on any atom is -0.378 e. The molecule has 0 bridgehead atoms. The molecule has 0 aromatic heterocycles. The van der Waals surface area contributed by atoms with Crippen LogP contribution in [0.25, 0.3) is 10.8 Å². The van der Waals surface area contributed by atoms with Crippen LogP contribution >= 0.6 is 0 Å². The Morgan fingerprint density at radius 3 is 2.43 bits per heavy atom. The monoisotopic (exact) mass is 304 g/mol. The van der Waals surface area contributed by atoms with Gasteiger partial charge in [0.25, 0.3) is 0 Å². The standard InChI is InChI=1S/C21H24N2/c1-23(2)20-11-6-9-17(14-20)19(15-22)13-18-10-5-8-16-7-3-4-12-21(16)18/h3-12,14,19H,13,15,22H2,1-2H3. The Kier molecular flexibility index (Phi) is 4.63. The molecule has 23 heavy (non-hydrogen) atoms. The Morgan fingerprint density at radius 1 is 0.913 bits per heavy atom. The number of anilines is 1. The molecule has 0 aliphatic heterocycles. The summed E-state index contributed by atoms with van der Waals surface area (Å²) in [6.45, 7) is 0.653. The largest absolute Gasteiger partial charge is 0.378 e. The van der Waals surface area contributed by atoms with Crippen molar-refractivity contribution in [2.24, 2.45) is 5.73 Å². The van der Waals surface area contributed by atoms with E-state index in [1.165, 1.54) is 27.6 Å². The van der Waals surface area contributed by atoms with Crippen LogP contribution in [0.4, 0.5) is 5.69 Å². The average Bonchev–Trinajstić information content (AvgIpc) is 2.60. The number of nitrogens with two attached hydrogens (primary N) is 1. The Balaban J connectivity index is 1.94. The number of nitrogens with zero attached hydrogens (tertiary/aromatic N) is 1. The van der Waals surface area contributed by atoms with Crippen molar-refractivity contribution in [1.29, 1.82) is 0 Å². The van der Waals surface area contributed by atoms with Gasteiger partial charge in [-0.15, -0.1) is 0 Å². The summed E-state index contributed by atoms with van der Waals surface area (Å²) in [5, 5.41) is 2.63. The summed E-state index contributed by atoms with van der Waals surface area (Å²) in [5.41, 5.74) is 10.0. The van der Waals surface area contributed by atoms with Crippen molar-refractivity contribution >= 4 is 16.5 Å². The highest BCUT2D eigenvalue weighted by atomic mass is 15.1. The first-order valence-electron chi connectivity index (χ1n) is 8.13. The van der Waals surface area contributed by atoms with E-state index < -0.39 is 0 Å². The van der Waals surface area contributed by atoms with E-state index in [9.17, 15) is 0 Å². The van der Waals surface area contributed by atoms with Gasteiger partial charge in [-0.25, -0.2) is 0 Å². The number of rotatable bonds is 5. The average molecular weight is 304 g/mol. The molecule has 3 rings (SSSR count). The van der Waals surface area contributed by atoms with E-state index >= 15 is 0 Å². The molecule has 0 radical (unpaired) electrons. The Morgan fingerprint density at radius 2 is 1.65 bits per heavy atom. The second-order valence-electron chi connectivity index (χ2n) is 6.26. The maximum absolute atomic E-state index is 6.11. The molecule has 2 N–H and O–H groups in total. The lowest BCUT2D eigenvalue weighted by Crippen LogP contribution is -2.16. The molecule has 0 aliphatic carbocycles. The summed E-state index contributed by atoms with van der Waals surface area (Å²) in [6, 6.07) is 23.8. The van der Waals surface area contributed by atoms with Crippen LogP contribution in [-0.4, -0.2) is 20.6 Å². The molecule has 2 heteroatoms. The summed E-state index contributed by atoms with van der Waals surface area (Å²) >= 11 is 0. The van der Waals surface area contributed by atoms with Gasteiger partial charge in [0.15, 0.2) is 0 Å². The number of fused-ring (bicyclic) bond motifs is 1. The maximum atomic E-state index is 6.11. The topological polar surface area (TPSA) is 29.3 Å². The molecule has 0 fully saturated rings. The van der Waals surface area contributed by atoms with Gasteiger partial charge in [0.2, 0.25) is 0 Å². The van der Waals surface area contributed by atoms with Crippen LogP contribution in [0, 0.1) is 0 Å². The molecule has 0 saturated heterocycles. The second kappa shape index (κ2) is 6.84. The van der Waals surface area contributed by atoms with Crippen LogP contribution in [0.5, 0.6) is 0 Å². The van der Waals surface area contributed by atoms with Crippen LogP contribution in [0.1, 0.15) is 17.0 Å². The molecule has 0 aliphatic rings. The fourth-order valence-corrected chi connectivity index (χ4v) is 3.13. The highest BCUT2D eigenvalue weighted by molar-refractivity contribution is 5.85. The molecule has 2 nitrogen and oxygen atoms in total. The Bertz CT molecular complexity index is 787. The third kappa shape index (κ3) is 3.38. The summed E-state index contributed by atoms with van der Waals surface area (Å²) in [5.74, 6) is 0.334. The SMILES string of the molecule is CN(C)c1cccc(C(CN)Cc2cccc3ccccc23)c1. The number of hydrogen-bond acceptors (Lipinski definition) is 2. The van der Waals surface area contributed by atoms with Crippen molar-refractivity contribution in [2.75, 3.05) is 25.5 Å². The van der Waals surface area contributed by atoms with Gasteiger partial charge in [-0.2, -0.15) is 0 Å². The van der Waals surface area contributed by atoms with E-state index in [2.05, 4.69) is 85.7 Å². The van der Waals surface area contributed by atoms with Gasteiger partial charge in [-0.05, 0) is 47.0 Å². The summed E-state index contributed by atoms with van der Waals surface area (Å²) in [4.78, 5) is 2.13. The first-order chi connectivity index (χ1) is 11.2. The molecular weight excluding hydrogens is 280 g/mol. The van der Waals surface area contributed by atoms with Gasteiger partial charge in [0.05, 0.1) is 0 Å². The van der Waals surface area contributed by atoms with Crippen molar-refractivity contribution in [2.45, 2.75) is 12.3 Å². The Labute approximate surface area is 138 Å². The maximum Gasteiger partial charge on any atom is 0.0363 e. The van der Waals surface area contributed by atoms with Crippen molar-refractivity contribution in [3.05, 3.63) is 77.9 Å². The van der Waals surface area contributed by atoms with E-state index in [0.717, 1.165) is 6.42 Å². The molecule has 3 aromatic rings. The lowest BCUT2D eigenvalue weighted by molar-refractivity contribution is 0.697. The molecule has 0 heterocycles. The third-order valence-electron chi connectivity index (χ3n) is 4.49. The number of hydrogen-bond donors (Lipinski definition) is 1. The normalized spacial score (nSPS) is 12.3. The lowest BCUT2D eigenvalue weighted by Gasteiger charge is -2.20. The van der Waals surface area contributed by atoms with Crippen molar-refractivity contribution in [3.63, 3.8) is 0 Å². The molecule has 0 saturated carbocycles. The third-order valence-corrected chi connectivity index (χ3v) is 4.49. The van der Waals surface area contributed by atoms with E-state index in [1.807, 2.05) is 0 Å². The molecule has 118 valence electrons. The van der Waals surface area contributed by atoms with Crippen LogP contribution < -0.4 is 10.6 Å². The highest BCUT2D eigenvalue weighted by Gasteiger charge is 2.13. The quantitative estimate of drug-likeness (QED) is 0.766. The smallest absolute Gasteiger partial charge is 0.0363 e. The van der Waals surface area contributed by atoms with Crippen LogP contribution in [-0.2, 0) is 6.42 Å². The van der Waals surface area contributed by atoms with Gasteiger partial charge >= 0.3 is 0 Å². The van der Waals surface area contributed by atoms with Gasteiger partial charge in [0.1, 0.15) is 0 Å². The predicted octanol–water partition coefficient (Wildman–Crippen LogP) is 4.19. The van der Waals surface area contributed by atoms with Crippen LogP contribution in [0.3, 0.4) is 0 Å². The van der Waals surface area contributed by atoms with E-state index in [-0.39, 0.29) is 0 Å². The molecular formula is C21H24N2. The summed E-state index contributed by atoms with van der Waals surface area (Å²) in [6.07, 6.45) is 0.967. The van der Waals surface area contributed by atoms with Crippen molar-refractivity contribution in [1.82, 2.24) is 0 Å². The highest BCUT2D eigenvalue weighted by Crippen LogP contribution is 2.27. The van der Waals surface area contributed by atoms with Crippen LogP contribution in [0.15, 0.2) is 66.7 Å². The fraction of sp³-hybridized carbons (Fsp3) is 0.238. The summed E-state index contributed by atoms with van der Waals surface area (Å²) < 4.78 is 0. The second-order valence-corrected chi connectivity index (χ2v) is 6.26. The zero-order valence-corrected chi connectivity index (χ0v) is 13.9. The minimum atomic E-state index is 0.334. The lowest BCUT2D eigenvalue weighted by atomic mass is 9.89. The zero-order valence-electron chi connectivity index (χ0n) is 13.9.